The fourth-order valence-corrected chi connectivity index (χ4v) is 2.05. The van der Waals surface area contributed by atoms with Crippen LogP contribution < -0.4 is 10.6 Å². The Bertz CT molecular complexity index is 726. The Labute approximate surface area is 163 Å². The molecule has 0 saturated heterocycles. The number of aliphatic imine (C=N–C) groups is 1. The number of guanidine groups is 1. The van der Waals surface area contributed by atoms with Crippen LogP contribution in [0.5, 0.6) is 0 Å². The molecule has 9 heteroatoms. The van der Waals surface area contributed by atoms with Crippen molar-refractivity contribution in [2.24, 2.45) is 4.99 Å². The van der Waals surface area contributed by atoms with Crippen molar-refractivity contribution in [2.75, 3.05) is 6.54 Å². The number of oxazole rings is 1. The molecule has 25 heavy (non-hydrogen) atoms. The number of non-ortho nitro benzene ring substituents is 1. The third-order valence-electron chi connectivity index (χ3n) is 3.37. The number of halogens is 1. The van der Waals surface area contributed by atoms with Crippen LogP contribution in [-0.2, 0) is 13.1 Å². The third-order valence-corrected chi connectivity index (χ3v) is 3.37. The minimum atomic E-state index is -0.413. The average Bonchev–Trinajstić information content (AvgIpc) is 2.88. The van der Waals surface area contributed by atoms with E-state index in [2.05, 4.69) is 20.6 Å². The summed E-state index contributed by atoms with van der Waals surface area (Å²) in [5.41, 5.74) is 1.70. The lowest BCUT2D eigenvalue weighted by molar-refractivity contribution is -0.384. The topological polar surface area (TPSA) is 106 Å². The van der Waals surface area contributed by atoms with E-state index in [0.717, 1.165) is 17.0 Å². The highest BCUT2D eigenvalue weighted by Crippen LogP contribution is 2.13. The standard InChI is InChI=1S/C16H21N5O3.HI/c1-4-17-16(19-10-15-20-11(2)12(3)24-15)18-9-13-6-5-7-14(8-13)21(22)23;/h5-8H,4,9-10H2,1-3H3,(H2,17,18,19);1H. The number of hydrogen-bond acceptors (Lipinski definition) is 5. The van der Waals surface area contributed by atoms with Gasteiger partial charge in [-0.25, -0.2) is 9.98 Å². The molecule has 2 N–H and O–H groups in total. The largest absolute Gasteiger partial charge is 0.444 e. The van der Waals surface area contributed by atoms with E-state index in [1.807, 2.05) is 20.8 Å². The van der Waals surface area contributed by atoms with Gasteiger partial charge in [0.1, 0.15) is 5.76 Å². The normalized spacial score (nSPS) is 10.9. The number of aryl methyl sites for hydroxylation is 2. The van der Waals surface area contributed by atoms with Crippen LogP contribution in [0.25, 0.3) is 0 Å². The highest BCUT2D eigenvalue weighted by atomic mass is 127. The third kappa shape index (κ3) is 6.33. The first-order chi connectivity index (χ1) is 11.5. The zero-order valence-electron chi connectivity index (χ0n) is 14.4. The van der Waals surface area contributed by atoms with Gasteiger partial charge < -0.3 is 15.1 Å². The molecule has 2 rings (SSSR count). The monoisotopic (exact) mass is 459 g/mol. The summed E-state index contributed by atoms with van der Waals surface area (Å²) in [6.07, 6.45) is 0. The van der Waals surface area contributed by atoms with Gasteiger partial charge in [-0.05, 0) is 26.3 Å². The fourth-order valence-electron chi connectivity index (χ4n) is 2.05. The number of aromatic nitrogens is 1. The first-order valence-electron chi connectivity index (χ1n) is 7.68. The van der Waals surface area contributed by atoms with Gasteiger partial charge in [0.2, 0.25) is 5.89 Å². The maximum absolute atomic E-state index is 10.8. The molecule has 0 unspecified atom stereocenters. The molecular weight excluding hydrogens is 437 g/mol. The highest BCUT2D eigenvalue weighted by molar-refractivity contribution is 14.0. The summed E-state index contributed by atoms with van der Waals surface area (Å²) in [6.45, 7) is 7.17. The summed E-state index contributed by atoms with van der Waals surface area (Å²) < 4.78 is 5.52. The van der Waals surface area contributed by atoms with E-state index in [1.165, 1.54) is 12.1 Å². The molecule has 0 spiro atoms. The van der Waals surface area contributed by atoms with Gasteiger partial charge in [-0.3, -0.25) is 10.1 Å². The summed E-state index contributed by atoms with van der Waals surface area (Å²) in [5.74, 6) is 1.98. The van der Waals surface area contributed by atoms with Crippen LogP contribution >= 0.6 is 24.0 Å². The van der Waals surface area contributed by atoms with Gasteiger partial charge in [0.05, 0.1) is 23.7 Å². The number of nitrogens with zero attached hydrogens (tertiary/aromatic N) is 3. The smallest absolute Gasteiger partial charge is 0.269 e. The molecule has 0 saturated carbocycles. The molecule has 1 aromatic carbocycles. The Morgan fingerprint density at radius 2 is 2.12 bits per heavy atom. The maximum Gasteiger partial charge on any atom is 0.269 e. The van der Waals surface area contributed by atoms with Crippen LogP contribution in [0, 0.1) is 24.0 Å². The van der Waals surface area contributed by atoms with Crippen LogP contribution in [-0.4, -0.2) is 22.4 Å². The molecule has 0 aliphatic carbocycles. The Hall–Kier alpha value is -2.17. The van der Waals surface area contributed by atoms with E-state index in [9.17, 15) is 10.1 Å². The van der Waals surface area contributed by atoms with Crippen molar-refractivity contribution in [3.8, 4) is 0 Å². The van der Waals surface area contributed by atoms with Gasteiger partial charge in [-0.15, -0.1) is 24.0 Å². The van der Waals surface area contributed by atoms with Gasteiger partial charge >= 0.3 is 0 Å². The SMILES string of the molecule is CCNC(=NCc1cccc([N+](=O)[O-])c1)NCc1nc(C)c(C)o1.I. The fraction of sp³-hybridized carbons (Fsp3) is 0.375. The van der Waals surface area contributed by atoms with Crippen LogP contribution in [0.4, 0.5) is 5.69 Å². The van der Waals surface area contributed by atoms with Gasteiger partial charge in [0.25, 0.3) is 5.69 Å². The molecule has 1 aromatic heterocycles. The van der Waals surface area contributed by atoms with Crippen LogP contribution in [0.3, 0.4) is 0 Å². The van der Waals surface area contributed by atoms with Crippen molar-refractivity contribution >= 4 is 35.6 Å². The molecule has 8 nitrogen and oxygen atoms in total. The summed E-state index contributed by atoms with van der Waals surface area (Å²) in [5, 5.41) is 17.1. The molecule has 136 valence electrons. The van der Waals surface area contributed by atoms with E-state index in [0.29, 0.717) is 31.5 Å². The molecule has 0 amide bonds. The predicted molar refractivity (Wildman–Crippen MR) is 106 cm³/mol. The molecule has 0 atom stereocenters. The lowest BCUT2D eigenvalue weighted by Crippen LogP contribution is -2.36. The minimum absolute atomic E-state index is 0. The van der Waals surface area contributed by atoms with Crippen molar-refractivity contribution in [1.29, 1.82) is 0 Å². The molecule has 2 aromatic rings. The Morgan fingerprint density at radius 1 is 1.36 bits per heavy atom. The Balaban J connectivity index is 0.00000312. The van der Waals surface area contributed by atoms with Crippen molar-refractivity contribution in [3.63, 3.8) is 0 Å². The van der Waals surface area contributed by atoms with E-state index < -0.39 is 4.92 Å². The number of nitrogens with one attached hydrogen (secondary N) is 2. The molecule has 0 fully saturated rings. The summed E-state index contributed by atoms with van der Waals surface area (Å²) >= 11 is 0. The van der Waals surface area contributed by atoms with Gasteiger partial charge in [-0.2, -0.15) is 0 Å². The minimum Gasteiger partial charge on any atom is -0.444 e. The molecule has 0 radical (unpaired) electrons. The average molecular weight is 459 g/mol. The quantitative estimate of drug-likeness (QED) is 0.226. The molecule has 0 aliphatic heterocycles. The summed E-state index contributed by atoms with van der Waals surface area (Å²) in [6, 6.07) is 6.44. The van der Waals surface area contributed by atoms with Crippen molar-refractivity contribution in [2.45, 2.75) is 33.9 Å². The maximum atomic E-state index is 10.8. The van der Waals surface area contributed by atoms with Gasteiger partial charge in [0.15, 0.2) is 5.96 Å². The zero-order valence-corrected chi connectivity index (χ0v) is 16.7. The Kier molecular flexibility index (Phi) is 8.32. The van der Waals surface area contributed by atoms with Crippen LogP contribution in [0.15, 0.2) is 33.7 Å². The summed E-state index contributed by atoms with van der Waals surface area (Å²) in [7, 11) is 0. The van der Waals surface area contributed by atoms with Gasteiger partial charge in [-0.1, -0.05) is 12.1 Å². The second-order valence-corrected chi connectivity index (χ2v) is 5.22. The number of hydrogen-bond donors (Lipinski definition) is 2. The van der Waals surface area contributed by atoms with Crippen LogP contribution in [0.2, 0.25) is 0 Å². The second kappa shape index (κ2) is 9.97. The van der Waals surface area contributed by atoms with Crippen molar-refractivity contribution in [3.05, 3.63) is 57.3 Å². The van der Waals surface area contributed by atoms with E-state index >= 15 is 0 Å². The predicted octanol–water partition coefficient (Wildman–Crippen LogP) is 3.07. The highest BCUT2D eigenvalue weighted by Gasteiger charge is 2.07. The molecular formula is C16H22IN5O3. The van der Waals surface area contributed by atoms with E-state index in [1.54, 1.807) is 12.1 Å². The van der Waals surface area contributed by atoms with E-state index in [-0.39, 0.29) is 29.7 Å². The lowest BCUT2D eigenvalue weighted by Gasteiger charge is -2.09. The van der Waals surface area contributed by atoms with E-state index in [4.69, 9.17) is 4.42 Å². The Morgan fingerprint density at radius 3 is 2.72 bits per heavy atom. The van der Waals surface area contributed by atoms with Crippen molar-refractivity contribution in [1.82, 2.24) is 15.6 Å². The number of benzene rings is 1. The van der Waals surface area contributed by atoms with Gasteiger partial charge in [0, 0.05) is 18.7 Å². The van der Waals surface area contributed by atoms with Crippen LogP contribution in [0.1, 0.15) is 29.8 Å². The second-order valence-electron chi connectivity index (χ2n) is 5.22. The lowest BCUT2D eigenvalue weighted by atomic mass is 10.2. The molecule has 0 aliphatic rings. The molecule has 1 heterocycles. The summed E-state index contributed by atoms with van der Waals surface area (Å²) in [4.78, 5) is 19.1. The number of nitro groups is 1. The zero-order chi connectivity index (χ0) is 17.5. The first-order valence-corrected chi connectivity index (χ1v) is 7.68. The molecule has 0 bridgehead atoms. The first kappa shape index (κ1) is 20.9. The van der Waals surface area contributed by atoms with Crippen molar-refractivity contribution < 1.29 is 9.34 Å². The number of rotatable bonds is 6. The number of nitro benzene ring substituents is 1.